The van der Waals surface area contributed by atoms with Gasteiger partial charge in [-0.15, -0.1) is 10.2 Å². The zero-order valence-electron chi connectivity index (χ0n) is 11.6. The second-order valence-electron chi connectivity index (χ2n) is 4.41. The minimum absolute atomic E-state index is 0.268. The molecular formula is C14H18BrN3O2. The molecule has 0 spiro atoms. The third-order valence-corrected chi connectivity index (χ3v) is 3.32. The van der Waals surface area contributed by atoms with Gasteiger partial charge in [0.2, 0.25) is 5.89 Å². The molecule has 1 heterocycles. The van der Waals surface area contributed by atoms with Gasteiger partial charge in [-0.2, -0.15) is 0 Å². The van der Waals surface area contributed by atoms with Crippen LogP contribution < -0.4 is 10.1 Å². The van der Waals surface area contributed by atoms with Gasteiger partial charge in [-0.3, -0.25) is 0 Å². The third-order valence-electron chi connectivity index (χ3n) is 2.70. The van der Waals surface area contributed by atoms with E-state index in [1.165, 1.54) is 0 Å². The van der Waals surface area contributed by atoms with E-state index in [2.05, 4.69) is 38.4 Å². The maximum atomic E-state index is 5.81. The summed E-state index contributed by atoms with van der Waals surface area (Å²) < 4.78 is 12.0. The SMILES string of the molecule is CCCNCc1cccc(Br)c1OCc1nnc(C)o1. The number of aromatic nitrogens is 2. The number of halogens is 1. The van der Waals surface area contributed by atoms with Crippen molar-refractivity contribution in [1.29, 1.82) is 0 Å². The molecule has 0 fully saturated rings. The Morgan fingerprint density at radius 3 is 2.90 bits per heavy atom. The molecule has 0 aliphatic rings. The molecule has 2 aromatic rings. The lowest BCUT2D eigenvalue weighted by Crippen LogP contribution is -2.14. The van der Waals surface area contributed by atoms with Crippen molar-refractivity contribution >= 4 is 15.9 Å². The van der Waals surface area contributed by atoms with E-state index in [-0.39, 0.29) is 6.61 Å². The van der Waals surface area contributed by atoms with Gasteiger partial charge in [0, 0.05) is 19.0 Å². The average Bonchev–Trinajstić information content (AvgIpc) is 2.84. The fourth-order valence-corrected chi connectivity index (χ4v) is 2.31. The van der Waals surface area contributed by atoms with Crippen molar-refractivity contribution in [3.8, 4) is 5.75 Å². The molecule has 0 atom stereocenters. The molecule has 0 radical (unpaired) electrons. The highest BCUT2D eigenvalue weighted by molar-refractivity contribution is 9.10. The number of rotatable bonds is 7. The molecule has 20 heavy (non-hydrogen) atoms. The molecule has 0 saturated heterocycles. The van der Waals surface area contributed by atoms with Crippen molar-refractivity contribution in [1.82, 2.24) is 15.5 Å². The van der Waals surface area contributed by atoms with Crippen LogP contribution >= 0.6 is 15.9 Å². The number of benzene rings is 1. The Balaban J connectivity index is 2.04. The molecule has 0 unspecified atom stereocenters. The zero-order chi connectivity index (χ0) is 14.4. The summed E-state index contributed by atoms with van der Waals surface area (Å²) in [5, 5.41) is 11.1. The van der Waals surface area contributed by atoms with Gasteiger partial charge in [0.1, 0.15) is 5.75 Å². The molecule has 0 bridgehead atoms. The minimum Gasteiger partial charge on any atom is -0.482 e. The number of aryl methyl sites for hydroxylation is 1. The summed E-state index contributed by atoms with van der Waals surface area (Å²) in [6.45, 7) is 5.92. The summed E-state index contributed by atoms with van der Waals surface area (Å²) in [5.41, 5.74) is 1.10. The summed E-state index contributed by atoms with van der Waals surface area (Å²) in [7, 11) is 0. The fraction of sp³-hybridized carbons (Fsp3) is 0.429. The Morgan fingerprint density at radius 2 is 2.20 bits per heavy atom. The molecule has 1 N–H and O–H groups in total. The van der Waals surface area contributed by atoms with Gasteiger partial charge in [0.25, 0.3) is 5.89 Å². The van der Waals surface area contributed by atoms with E-state index in [4.69, 9.17) is 9.15 Å². The molecule has 0 saturated carbocycles. The average molecular weight is 340 g/mol. The minimum atomic E-state index is 0.268. The summed E-state index contributed by atoms with van der Waals surface area (Å²) in [6, 6.07) is 6.00. The molecule has 0 amide bonds. The predicted octanol–water partition coefficient (Wildman–Crippen LogP) is 3.22. The zero-order valence-corrected chi connectivity index (χ0v) is 13.2. The smallest absolute Gasteiger partial charge is 0.253 e. The first kappa shape index (κ1) is 15.0. The Hall–Kier alpha value is -1.40. The first-order chi connectivity index (χ1) is 9.70. The van der Waals surface area contributed by atoms with Gasteiger partial charge in [0.15, 0.2) is 6.61 Å². The van der Waals surface area contributed by atoms with Gasteiger partial charge in [-0.25, -0.2) is 0 Å². The van der Waals surface area contributed by atoms with Crippen molar-refractivity contribution in [2.24, 2.45) is 0 Å². The number of nitrogens with one attached hydrogen (secondary N) is 1. The summed E-state index contributed by atoms with van der Waals surface area (Å²) in [6.07, 6.45) is 1.10. The lowest BCUT2D eigenvalue weighted by atomic mass is 10.2. The summed E-state index contributed by atoms with van der Waals surface area (Å²) in [4.78, 5) is 0. The van der Waals surface area contributed by atoms with Crippen LogP contribution in [0.15, 0.2) is 27.1 Å². The molecule has 5 nitrogen and oxygen atoms in total. The van der Waals surface area contributed by atoms with E-state index in [0.717, 1.165) is 35.3 Å². The van der Waals surface area contributed by atoms with Crippen LogP contribution in [0.2, 0.25) is 0 Å². The number of ether oxygens (including phenoxy) is 1. The van der Waals surface area contributed by atoms with Crippen molar-refractivity contribution in [2.75, 3.05) is 6.54 Å². The maximum Gasteiger partial charge on any atom is 0.253 e. The standard InChI is InChI=1S/C14H18BrN3O2/c1-3-7-16-8-11-5-4-6-12(15)14(11)19-9-13-18-17-10(2)20-13/h4-6,16H,3,7-9H2,1-2H3. The highest BCUT2D eigenvalue weighted by Gasteiger charge is 2.10. The van der Waals surface area contributed by atoms with E-state index in [9.17, 15) is 0 Å². The van der Waals surface area contributed by atoms with Gasteiger partial charge >= 0.3 is 0 Å². The molecule has 2 rings (SSSR count). The second kappa shape index (κ2) is 7.40. The number of hydrogen-bond donors (Lipinski definition) is 1. The van der Waals surface area contributed by atoms with Crippen LogP contribution in [0.1, 0.15) is 30.7 Å². The van der Waals surface area contributed by atoms with Crippen molar-refractivity contribution in [3.05, 3.63) is 40.0 Å². The maximum absolute atomic E-state index is 5.81. The van der Waals surface area contributed by atoms with Crippen LogP contribution in [0.3, 0.4) is 0 Å². The quantitative estimate of drug-likeness (QED) is 0.784. The molecule has 6 heteroatoms. The molecule has 0 aliphatic carbocycles. The molecule has 108 valence electrons. The first-order valence-electron chi connectivity index (χ1n) is 6.60. The summed E-state index contributed by atoms with van der Waals surface area (Å²) >= 11 is 3.52. The van der Waals surface area contributed by atoms with Crippen LogP contribution in [0, 0.1) is 6.92 Å². The van der Waals surface area contributed by atoms with E-state index in [1.807, 2.05) is 18.2 Å². The topological polar surface area (TPSA) is 60.2 Å². The lowest BCUT2D eigenvalue weighted by molar-refractivity contribution is 0.256. The highest BCUT2D eigenvalue weighted by atomic mass is 79.9. The molecule has 1 aromatic carbocycles. The predicted molar refractivity (Wildman–Crippen MR) is 79.5 cm³/mol. The Kier molecular flexibility index (Phi) is 5.55. The van der Waals surface area contributed by atoms with Gasteiger partial charge in [-0.05, 0) is 35.0 Å². The van der Waals surface area contributed by atoms with Gasteiger partial charge < -0.3 is 14.5 Å². The lowest BCUT2D eigenvalue weighted by Gasteiger charge is -2.12. The highest BCUT2D eigenvalue weighted by Crippen LogP contribution is 2.29. The van der Waals surface area contributed by atoms with Gasteiger partial charge in [0.05, 0.1) is 4.47 Å². The van der Waals surface area contributed by atoms with Crippen LogP contribution in [-0.2, 0) is 13.2 Å². The normalized spacial score (nSPS) is 10.8. The number of para-hydroxylation sites is 1. The second-order valence-corrected chi connectivity index (χ2v) is 5.26. The van der Waals surface area contributed by atoms with Crippen molar-refractivity contribution < 1.29 is 9.15 Å². The van der Waals surface area contributed by atoms with E-state index in [0.29, 0.717) is 11.8 Å². The summed E-state index contributed by atoms with van der Waals surface area (Å²) in [5.74, 6) is 1.83. The largest absolute Gasteiger partial charge is 0.482 e. The van der Waals surface area contributed by atoms with E-state index < -0.39 is 0 Å². The Bertz CT molecular complexity index is 557. The van der Waals surface area contributed by atoms with Crippen LogP contribution in [0.4, 0.5) is 0 Å². The fourth-order valence-electron chi connectivity index (χ4n) is 1.78. The van der Waals surface area contributed by atoms with E-state index in [1.54, 1.807) is 6.92 Å². The monoisotopic (exact) mass is 339 g/mol. The number of hydrogen-bond acceptors (Lipinski definition) is 5. The molecule has 0 aliphatic heterocycles. The van der Waals surface area contributed by atoms with Crippen molar-refractivity contribution in [3.63, 3.8) is 0 Å². The van der Waals surface area contributed by atoms with Crippen molar-refractivity contribution in [2.45, 2.75) is 33.4 Å². The third kappa shape index (κ3) is 4.05. The Labute approximate surface area is 126 Å². The number of nitrogens with zero attached hydrogens (tertiary/aromatic N) is 2. The molecule has 1 aromatic heterocycles. The van der Waals surface area contributed by atoms with Gasteiger partial charge in [-0.1, -0.05) is 19.1 Å². The van der Waals surface area contributed by atoms with Crippen LogP contribution in [-0.4, -0.2) is 16.7 Å². The van der Waals surface area contributed by atoms with Crippen LogP contribution in [0.5, 0.6) is 5.75 Å². The Morgan fingerprint density at radius 1 is 1.35 bits per heavy atom. The molecular weight excluding hydrogens is 322 g/mol. The first-order valence-corrected chi connectivity index (χ1v) is 7.40. The van der Waals surface area contributed by atoms with E-state index >= 15 is 0 Å². The van der Waals surface area contributed by atoms with Crippen LogP contribution in [0.25, 0.3) is 0 Å².